The lowest BCUT2D eigenvalue weighted by molar-refractivity contribution is -0.0802. The summed E-state index contributed by atoms with van der Waals surface area (Å²) >= 11 is 0. The Balaban J connectivity index is 1.49. The number of rotatable bonds is 31. The minimum absolute atomic E-state index is 0.0200. The Bertz CT molecular complexity index is 1810. The van der Waals surface area contributed by atoms with Crippen LogP contribution in [0.5, 0.6) is 5.75 Å². The van der Waals surface area contributed by atoms with Crippen LogP contribution in [0.1, 0.15) is 138 Å². The van der Waals surface area contributed by atoms with Gasteiger partial charge in [-0.1, -0.05) is 103 Å². The molecule has 3 aromatic rings. The Kier molecular flexibility index (Phi) is 22.1. The van der Waals surface area contributed by atoms with E-state index in [9.17, 15) is 35.5 Å². The molecule has 0 amide bonds. The normalized spacial score (nSPS) is 14.4. The van der Waals surface area contributed by atoms with Crippen molar-refractivity contribution < 1.29 is 42.9 Å². The summed E-state index contributed by atoms with van der Waals surface area (Å²) in [4.78, 5) is 14.5. The number of phosphoric ester groups is 1. The summed E-state index contributed by atoms with van der Waals surface area (Å²) in [6.07, 6.45) is 16.2. The van der Waals surface area contributed by atoms with Crippen LogP contribution in [0.25, 0.3) is 5.52 Å². The highest BCUT2D eigenvalue weighted by Crippen LogP contribution is 2.44. The lowest BCUT2D eigenvalue weighted by atomic mass is 10.0. The van der Waals surface area contributed by atoms with Gasteiger partial charge in [-0.15, -0.1) is 0 Å². The second kappa shape index (κ2) is 26.7. The number of hydrogen-bond donors (Lipinski definition) is 4. The number of nitriles is 3. The van der Waals surface area contributed by atoms with Crippen molar-refractivity contribution in [3.8, 4) is 24.1 Å². The van der Waals surface area contributed by atoms with E-state index in [0.717, 1.165) is 32.0 Å². The van der Waals surface area contributed by atoms with Crippen LogP contribution in [-0.2, 0) is 23.1 Å². The average molecular weight is 826 g/mol. The second-order valence-corrected chi connectivity index (χ2v) is 15.9. The van der Waals surface area contributed by atoms with Crippen LogP contribution in [0.2, 0.25) is 0 Å². The van der Waals surface area contributed by atoms with E-state index in [1.165, 1.54) is 100.0 Å². The van der Waals surface area contributed by atoms with Gasteiger partial charge >= 0.3 is 7.82 Å². The maximum Gasteiger partial charge on any atom is 0.472 e. The number of aliphatic hydroxyl groups is 2. The first kappa shape index (κ1) is 48.1. The number of aliphatic hydroxyl groups excluding tert-OH is 2. The quantitative estimate of drug-likeness (QED) is 0.0279. The molecule has 0 bridgehead atoms. The average Bonchev–Trinajstić information content (AvgIpc) is 3.66. The number of hydrogen-bond acceptors (Lipinski definition) is 14. The van der Waals surface area contributed by atoms with Crippen LogP contribution in [0.15, 0.2) is 30.6 Å². The van der Waals surface area contributed by atoms with Gasteiger partial charge in [-0.05, 0) is 43.2 Å². The molecule has 3 rings (SSSR count). The molecule has 2 aromatic heterocycles. The van der Waals surface area contributed by atoms with Crippen LogP contribution in [-0.4, -0.2) is 74.4 Å². The first-order valence-electron chi connectivity index (χ1n) is 20.3. The molecule has 0 spiro atoms. The molecule has 0 aliphatic heterocycles. The number of nitrogen functional groups attached to an aromatic ring is 1. The Labute approximate surface area is 342 Å². The van der Waals surface area contributed by atoms with E-state index in [1.807, 2.05) is 12.1 Å². The predicted octanol–water partition coefficient (Wildman–Crippen LogP) is 7.48. The van der Waals surface area contributed by atoms with Gasteiger partial charge in [-0.2, -0.15) is 20.9 Å². The Morgan fingerprint density at radius 1 is 0.828 bits per heavy atom. The zero-order chi connectivity index (χ0) is 42.2. The van der Waals surface area contributed by atoms with Crippen LogP contribution >= 0.6 is 7.82 Å². The molecule has 0 fully saturated rings. The van der Waals surface area contributed by atoms with Crippen LogP contribution < -0.4 is 10.5 Å². The molecule has 0 radical (unpaired) electrons. The molecule has 17 heteroatoms. The summed E-state index contributed by atoms with van der Waals surface area (Å²) in [6.45, 7) is 2.85. The van der Waals surface area contributed by atoms with Crippen LogP contribution in [0.4, 0.5) is 5.82 Å². The smallest absolute Gasteiger partial charge is 0.472 e. The van der Waals surface area contributed by atoms with E-state index in [2.05, 4.69) is 17.0 Å². The van der Waals surface area contributed by atoms with Crippen molar-refractivity contribution in [2.45, 2.75) is 141 Å². The number of fused-ring (bicyclic) bond motifs is 1. The molecule has 1 aromatic carbocycles. The van der Waals surface area contributed by atoms with Gasteiger partial charge in [0.15, 0.2) is 17.7 Å². The monoisotopic (exact) mass is 825 g/mol. The van der Waals surface area contributed by atoms with Gasteiger partial charge in [0, 0.05) is 6.61 Å². The summed E-state index contributed by atoms with van der Waals surface area (Å²) in [5.41, 5.74) is 7.14. The molecule has 0 aliphatic rings. The topological polar surface area (TPSA) is 251 Å². The number of nitrogens with zero attached hydrogens (tertiary/aromatic N) is 6. The number of aryl methyl sites for hydroxylation is 1. The van der Waals surface area contributed by atoms with Gasteiger partial charge in [-0.25, -0.2) is 14.1 Å². The van der Waals surface area contributed by atoms with E-state index in [4.69, 9.17) is 29.0 Å². The molecule has 0 aliphatic carbocycles. The fourth-order valence-electron chi connectivity index (χ4n) is 6.54. The van der Waals surface area contributed by atoms with Crippen molar-refractivity contribution in [1.82, 2.24) is 14.6 Å². The van der Waals surface area contributed by atoms with Crippen molar-refractivity contribution in [3.05, 3.63) is 53.0 Å². The highest BCUT2D eigenvalue weighted by Gasteiger charge is 2.35. The van der Waals surface area contributed by atoms with Crippen molar-refractivity contribution >= 4 is 19.2 Å². The maximum absolute atomic E-state index is 13.0. The van der Waals surface area contributed by atoms with E-state index < -0.39 is 45.5 Å². The Hall–Kier alpha value is -4.30. The minimum atomic E-state index is -4.92. The molecule has 16 nitrogen and oxygen atoms in total. The highest BCUT2D eigenvalue weighted by molar-refractivity contribution is 7.47. The summed E-state index contributed by atoms with van der Waals surface area (Å²) in [6, 6.07) is 10.1. The largest absolute Gasteiger partial charge is 0.483 e. The molecule has 1 unspecified atom stereocenters. The van der Waals surface area contributed by atoms with Gasteiger partial charge in [0.1, 0.15) is 42.3 Å². The fraction of sp³-hybridized carbons (Fsp3) is 0.634. The van der Waals surface area contributed by atoms with Gasteiger partial charge in [-0.3, -0.25) is 9.05 Å². The van der Waals surface area contributed by atoms with Gasteiger partial charge in [0.2, 0.25) is 0 Å². The van der Waals surface area contributed by atoms with Gasteiger partial charge in [0.25, 0.3) is 6.26 Å². The number of phosphoric acid groups is 1. The third-order valence-electron chi connectivity index (χ3n) is 9.75. The standard InChI is InChI=1S/C41H60N7O9P/c1-3-4-5-6-7-8-9-10-11-12-13-14-15-16-17-18-21-53-26-34(57-40-32(24-42)22-31(2)23-33(40)25-43)27-55-58(51,52)56-28-37(54-29-44)39(50)38(49)35-19-20-36-41(45)46-30-47-48(35)36/h19-20,22-23,30,34,37-39,49-50H,3-18,21,26-28H2,1-2H3,(H,51,52)(H2,45,46,47)/t34-,37-,38+,39-/m1/s1. The summed E-state index contributed by atoms with van der Waals surface area (Å²) < 4.78 is 41.3. The summed E-state index contributed by atoms with van der Waals surface area (Å²) in [7, 11) is -4.92. The van der Waals surface area contributed by atoms with Gasteiger partial charge < -0.3 is 35.1 Å². The lowest BCUT2D eigenvalue weighted by Crippen LogP contribution is -2.37. The first-order valence-corrected chi connectivity index (χ1v) is 21.8. The number of aromatic nitrogens is 3. The number of ether oxygens (including phenoxy) is 3. The van der Waals surface area contributed by atoms with Crippen LogP contribution in [0.3, 0.4) is 0 Å². The molecule has 318 valence electrons. The zero-order valence-corrected chi connectivity index (χ0v) is 34.7. The molecular formula is C41H60N7O9P. The van der Waals surface area contributed by atoms with Crippen molar-refractivity contribution in [3.63, 3.8) is 0 Å². The second-order valence-electron chi connectivity index (χ2n) is 14.5. The first-order chi connectivity index (χ1) is 28.0. The van der Waals surface area contributed by atoms with Crippen molar-refractivity contribution in [2.24, 2.45) is 0 Å². The number of nitrogens with two attached hydrogens (primary N) is 1. The Morgan fingerprint density at radius 2 is 1.38 bits per heavy atom. The Morgan fingerprint density at radius 3 is 1.93 bits per heavy atom. The zero-order valence-electron chi connectivity index (χ0n) is 33.8. The molecule has 0 saturated heterocycles. The minimum Gasteiger partial charge on any atom is -0.483 e. The van der Waals surface area contributed by atoms with E-state index >= 15 is 0 Å². The molecule has 2 heterocycles. The molecule has 0 saturated carbocycles. The summed E-state index contributed by atoms with van der Waals surface area (Å²) in [5, 5.41) is 54.5. The fourth-order valence-corrected chi connectivity index (χ4v) is 7.31. The van der Waals surface area contributed by atoms with Gasteiger partial charge in [0.05, 0.1) is 36.6 Å². The van der Waals surface area contributed by atoms with Crippen molar-refractivity contribution in [1.29, 1.82) is 15.8 Å². The maximum atomic E-state index is 13.0. The molecule has 5 atom stereocenters. The summed E-state index contributed by atoms with van der Waals surface area (Å²) in [5.74, 6) is 0.103. The number of anilines is 1. The highest BCUT2D eigenvalue weighted by atomic mass is 31.2. The molecular weight excluding hydrogens is 765 g/mol. The third kappa shape index (κ3) is 16.5. The van der Waals surface area contributed by atoms with Crippen molar-refractivity contribution in [2.75, 3.05) is 32.2 Å². The predicted molar refractivity (Wildman–Crippen MR) is 216 cm³/mol. The molecule has 58 heavy (non-hydrogen) atoms. The van der Waals surface area contributed by atoms with Crippen LogP contribution in [0, 0.1) is 41.1 Å². The van der Waals surface area contributed by atoms with E-state index in [0.29, 0.717) is 17.7 Å². The van der Waals surface area contributed by atoms with E-state index in [-0.39, 0.29) is 35.0 Å². The SMILES string of the molecule is CCCCCCCCCCCCCCCCCCOC[C@H](COP(=O)(O)OC[C@@H](OC#N)[C@@H](O)[C@@H](O)c1ccc2c(N)ncnn12)Oc1c(C#N)cc(C)cc1C#N. The van der Waals surface area contributed by atoms with E-state index in [1.54, 1.807) is 19.1 Å². The molecule has 5 N–H and O–H groups in total. The number of benzene rings is 1. The third-order valence-corrected chi connectivity index (χ3v) is 10.7. The number of unbranched alkanes of at least 4 members (excludes halogenated alkanes) is 15. The lowest BCUT2D eigenvalue weighted by Gasteiger charge is -2.25.